The molecule has 3 aromatic rings. The monoisotopic (exact) mass is 416 g/mol. The number of furan rings is 1. The van der Waals surface area contributed by atoms with Crippen LogP contribution in [0.5, 0.6) is 0 Å². The van der Waals surface area contributed by atoms with Crippen LogP contribution in [0.2, 0.25) is 0 Å². The average Bonchev–Trinajstić information content (AvgIpc) is 3.34. The zero-order valence-electron chi connectivity index (χ0n) is 16.3. The van der Waals surface area contributed by atoms with Crippen LogP contribution in [0.3, 0.4) is 0 Å². The van der Waals surface area contributed by atoms with E-state index in [2.05, 4.69) is 14.9 Å². The predicted octanol–water partition coefficient (Wildman–Crippen LogP) is 3.57. The quantitative estimate of drug-likeness (QED) is 0.664. The first-order valence-corrected chi connectivity index (χ1v) is 9.77. The maximum absolute atomic E-state index is 14.7. The number of halogens is 1. The van der Waals surface area contributed by atoms with E-state index in [1.54, 1.807) is 18.2 Å². The molecule has 1 atom stereocenters. The van der Waals surface area contributed by atoms with Gasteiger partial charge in [0.2, 0.25) is 5.91 Å². The molecule has 1 N–H and O–H groups in total. The second kappa shape index (κ2) is 8.52. The van der Waals surface area contributed by atoms with Gasteiger partial charge in [0.25, 0.3) is 5.91 Å². The third kappa shape index (κ3) is 5.05. The van der Waals surface area contributed by atoms with Crippen LogP contribution in [0.4, 0.5) is 4.39 Å². The second-order valence-corrected chi connectivity index (χ2v) is 8.08. The minimum atomic E-state index is -1.23. The fraction of sp³-hybridized carbons (Fsp3) is 0.300. The topological polar surface area (TPSA) is 88.3 Å². The third-order valence-corrected chi connectivity index (χ3v) is 4.51. The van der Waals surface area contributed by atoms with Crippen LogP contribution in [-0.2, 0) is 11.3 Å². The first kappa shape index (κ1) is 20.7. The van der Waals surface area contributed by atoms with Crippen LogP contribution in [0.1, 0.15) is 48.6 Å². The Hall–Kier alpha value is -3.07. The maximum Gasteiger partial charge on any atom is 0.276 e. The van der Waals surface area contributed by atoms with Crippen molar-refractivity contribution in [3.63, 3.8) is 0 Å². The Bertz CT molecular complexity index is 968. The maximum atomic E-state index is 14.7. The van der Waals surface area contributed by atoms with Crippen molar-refractivity contribution < 1.29 is 18.4 Å². The van der Waals surface area contributed by atoms with Gasteiger partial charge in [-0.15, -0.1) is 5.10 Å². The largest absolute Gasteiger partial charge is 0.467 e. The van der Waals surface area contributed by atoms with Crippen LogP contribution < -0.4 is 5.32 Å². The van der Waals surface area contributed by atoms with Crippen molar-refractivity contribution >= 4 is 23.3 Å². The van der Waals surface area contributed by atoms with E-state index in [9.17, 15) is 14.0 Å². The van der Waals surface area contributed by atoms with Crippen LogP contribution in [0, 0.1) is 5.82 Å². The van der Waals surface area contributed by atoms with E-state index in [0.29, 0.717) is 5.76 Å². The smallest absolute Gasteiger partial charge is 0.276 e. The molecule has 0 saturated carbocycles. The van der Waals surface area contributed by atoms with E-state index in [1.165, 1.54) is 34.7 Å². The molecule has 0 aliphatic heterocycles. The number of aromatic nitrogens is 2. The molecule has 2 heterocycles. The SMILES string of the molecule is CC(C)(C)NC(=O)[C@@H](c1ccccc1F)N(Cc1ccco1)C(=O)c1csnn1. The van der Waals surface area contributed by atoms with E-state index in [0.717, 1.165) is 11.5 Å². The van der Waals surface area contributed by atoms with Gasteiger partial charge in [-0.25, -0.2) is 4.39 Å². The van der Waals surface area contributed by atoms with Gasteiger partial charge in [-0.2, -0.15) is 0 Å². The molecule has 0 radical (unpaired) electrons. The molecule has 2 amide bonds. The van der Waals surface area contributed by atoms with Crippen LogP contribution in [-0.4, -0.2) is 31.8 Å². The van der Waals surface area contributed by atoms with E-state index < -0.39 is 29.2 Å². The lowest BCUT2D eigenvalue weighted by molar-refractivity contribution is -0.127. The first-order chi connectivity index (χ1) is 13.8. The van der Waals surface area contributed by atoms with Gasteiger partial charge in [0.05, 0.1) is 12.8 Å². The van der Waals surface area contributed by atoms with Crippen molar-refractivity contribution in [2.75, 3.05) is 0 Å². The van der Waals surface area contributed by atoms with Gasteiger partial charge in [0, 0.05) is 16.5 Å². The number of hydrogen-bond acceptors (Lipinski definition) is 6. The number of amides is 2. The Balaban J connectivity index is 2.09. The molecule has 29 heavy (non-hydrogen) atoms. The van der Waals surface area contributed by atoms with Crippen LogP contribution >= 0.6 is 11.5 Å². The summed E-state index contributed by atoms with van der Waals surface area (Å²) in [6, 6.07) is 8.03. The molecular weight excluding hydrogens is 395 g/mol. The first-order valence-electron chi connectivity index (χ1n) is 8.93. The molecule has 7 nitrogen and oxygen atoms in total. The molecule has 3 rings (SSSR count). The highest BCUT2D eigenvalue weighted by Crippen LogP contribution is 2.28. The molecule has 0 bridgehead atoms. The number of carbonyl (C=O) groups is 2. The molecule has 0 saturated heterocycles. The van der Waals surface area contributed by atoms with Gasteiger partial charge < -0.3 is 14.6 Å². The zero-order chi connectivity index (χ0) is 21.0. The van der Waals surface area contributed by atoms with Crippen molar-refractivity contribution in [2.45, 2.75) is 38.9 Å². The molecule has 0 spiro atoms. The van der Waals surface area contributed by atoms with Crippen molar-refractivity contribution in [1.82, 2.24) is 19.8 Å². The van der Waals surface area contributed by atoms with Gasteiger partial charge in [-0.1, -0.05) is 22.7 Å². The molecule has 9 heteroatoms. The highest BCUT2D eigenvalue weighted by molar-refractivity contribution is 7.03. The number of carbonyl (C=O) groups excluding carboxylic acids is 2. The van der Waals surface area contributed by atoms with Gasteiger partial charge in [-0.3, -0.25) is 9.59 Å². The predicted molar refractivity (Wildman–Crippen MR) is 106 cm³/mol. The summed E-state index contributed by atoms with van der Waals surface area (Å²) in [6.07, 6.45) is 1.47. The van der Waals surface area contributed by atoms with Gasteiger partial charge in [-0.05, 0) is 50.5 Å². The minimum absolute atomic E-state index is 0.0417. The number of hydrogen-bond donors (Lipinski definition) is 1. The van der Waals surface area contributed by atoms with Gasteiger partial charge in [0.15, 0.2) is 5.69 Å². The fourth-order valence-corrected chi connectivity index (χ4v) is 3.27. The summed E-state index contributed by atoms with van der Waals surface area (Å²) in [6.45, 7) is 5.39. The summed E-state index contributed by atoms with van der Waals surface area (Å²) >= 11 is 1.02. The Morgan fingerprint density at radius 3 is 2.59 bits per heavy atom. The molecule has 0 aliphatic rings. The fourth-order valence-electron chi connectivity index (χ4n) is 2.84. The molecule has 0 aliphatic carbocycles. The summed E-state index contributed by atoms with van der Waals surface area (Å²) in [7, 11) is 0. The Labute approximate surface area is 171 Å². The van der Waals surface area contributed by atoms with Crippen LogP contribution in [0.15, 0.2) is 52.5 Å². The standard InChI is InChI=1S/C20H21FN4O3S/c1-20(2,3)22-18(26)17(14-8-4-5-9-15(14)21)25(11-13-7-6-10-28-13)19(27)16-12-29-24-23-16/h4-10,12,17H,11H2,1-3H3,(H,22,26)/t17-/m1/s1. The van der Waals surface area contributed by atoms with Crippen molar-refractivity contribution in [3.8, 4) is 0 Å². The number of nitrogens with zero attached hydrogens (tertiary/aromatic N) is 3. The summed E-state index contributed by atoms with van der Waals surface area (Å²) < 4.78 is 23.8. The van der Waals surface area contributed by atoms with Crippen molar-refractivity contribution in [2.24, 2.45) is 0 Å². The van der Waals surface area contributed by atoms with E-state index in [1.807, 2.05) is 20.8 Å². The van der Waals surface area contributed by atoms with Crippen molar-refractivity contribution in [3.05, 3.63) is 70.9 Å². The normalized spacial score (nSPS) is 12.4. The van der Waals surface area contributed by atoms with Gasteiger partial charge >= 0.3 is 0 Å². The zero-order valence-corrected chi connectivity index (χ0v) is 17.1. The molecule has 2 aromatic heterocycles. The summed E-state index contributed by atoms with van der Waals surface area (Å²) in [4.78, 5) is 27.7. The number of benzene rings is 1. The van der Waals surface area contributed by atoms with Crippen molar-refractivity contribution in [1.29, 1.82) is 0 Å². The molecule has 152 valence electrons. The lowest BCUT2D eigenvalue weighted by atomic mass is 10.0. The summed E-state index contributed by atoms with van der Waals surface area (Å²) in [5, 5.41) is 8.15. The van der Waals surface area contributed by atoms with E-state index in [4.69, 9.17) is 4.42 Å². The van der Waals surface area contributed by atoms with Gasteiger partial charge in [0.1, 0.15) is 17.6 Å². The highest BCUT2D eigenvalue weighted by atomic mass is 32.1. The minimum Gasteiger partial charge on any atom is -0.467 e. The number of nitrogens with one attached hydrogen (secondary N) is 1. The summed E-state index contributed by atoms with van der Waals surface area (Å²) in [5.74, 6) is -1.19. The Morgan fingerprint density at radius 1 is 1.24 bits per heavy atom. The summed E-state index contributed by atoms with van der Waals surface area (Å²) in [5.41, 5.74) is -0.425. The Kier molecular flexibility index (Phi) is 6.07. The lowest BCUT2D eigenvalue weighted by Crippen LogP contribution is -2.49. The number of rotatable bonds is 6. The average molecular weight is 416 g/mol. The molecule has 0 fully saturated rings. The Morgan fingerprint density at radius 2 is 2.00 bits per heavy atom. The second-order valence-electron chi connectivity index (χ2n) is 7.47. The highest BCUT2D eigenvalue weighted by Gasteiger charge is 2.36. The lowest BCUT2D eigenvalue weighted by Gasteiger charge is -2.33. The van der Waals surface area contributed by atoms with E-state index >= 15 is 0 Å². The molecular formula is C20H21FN4O3S. The third-order valence-electron chi connectivity index (χ3n) is 4.00. The molecule has 1 aromatic carbocycles. The van der Waals surface area contributed by atoms with Crippen LogP contribution in [0.25, 0.3) is 0 Å². The van der Waals surface area contributed by atoms with E-state index in [-0.39, 0.29) is 17.8 Å². The molecule has 0 unspecified atom stereocenters.